The summed E-state index contributed by atoms with van der Waals surface area (Å²) < 4.78 is 64.9. The van der Waals surface area contributed by atoms with Crippen LogP contribution in [0.3, 0.4) is 0 Å². The summed E-state index contributed by atoms with van der Waals surface area (Å²) in [6, 6.07) is 41.8. The molecular formula is C45H30N4. The molecule has 0 amide bonds. The third kappa shape index (κ3) is 5.35. The van der Waals surface area contributed by atoms with Crippen LogP contribution in [0, 0.1) is 0 Å². The third-order valence-corrected chi connectivity index (χ3v) is 8.52. The molecule has 0 fully saturated rings. The molecule has 49 heavy (non-hydrogen) atoms. The van der Waals surface area contributed by atoms with Crippen LogP contribution < -0.4 is 0 Å². The van der Waals surface area contributed by atoms with E-state index >= 15 is 0 Å². The summed E-state index contributed by atoms with van der Waals surface area (Å²) in [5, 5.41) is 0.296. The van der Waals surface area contributed by atoms with Crippen LogP contribution in [-0.4, -0.2) is 19.5 Å². The van der Waals surface area contributed by atoms with E-state index in [0.29, 0.717) is 34.3 Å². The molecule has 0 saturated carbocycles. The zero-order chi connectivity index (χ0) is 38.7. The van der Waals surface area contributed by atoms with Gasteiger partial charge in [0.2, 0.25) is 0 Å². The highest BCUT2D eigenvalue weighted by atomic mass is 15.0. The Morgan fingerprint density at radius 3 is 1.37 bits per heavy atom. The van der Waals surface area contributed by atoms with Crippen molar-refractivity contribution in [1.29, 1.82) is 0 Å². The lowest BCUT2D eigenvalue weighted by atomic mass is 9.99. The molecule has 0 atom stereocenters. The largest absolute Gasteiger partial charge is 0.309 e. The van der Waals surface area contributed by atoms with Gasteiger partial charge < -0.3 is 4.57 Å². The van der Waals surface area contributed by atoms with Crippen molar-refractivity contribution < 1.29 is 9.60 Å². The van der Waals surface area contributed by atoms with Crippen LogP contribution in [0.4, 0.5) is 0 Å². The predicted molar refractivity (Wildman–Crippen MR) is 201 cm³/mol. The van der Waals surface area contributed by atoms with E-state index in [-0.39, 0.29) is 57.6 Å². The third-order valence-electron chi connectivity index (χ3n) is 8.52. The summed E-state index contributed by atoms with van der Waals surface area (Å²) in [7, 11) is 0. The molecule has 0 N–H and O–H groups in total. The van der Waals surface area contributed by atoms with Crippen molar-refractivity contribution in [3.63, 3.8) is 0 Å². The van der Waals surface area contributed by atoms with Gasteiger partial charge in [-0.25, -0.2) is 15.0 Å². The molecule has 0 aliphatic carbocycles. The number of fused-ring (bicyclic) bond motifs is 3. The van der Waals surface area contributed by atoms with E-state index in [0.717, 1.165) is 22.3 Å². The van der Waals surface area contributed by atoms with Crippen molar-refractivity contribution in [2.75, 3.05) is 0 Å². The number of benzene rings is 7. The standard InChI is InChI=1S/C45H30N4/c1-4-12-31(13-5-1)32-20-22-33(23-21-32)37-26-29-42-40(30-37)39-18-10-11-19-41(39)49(42)38-27-24-36(25-28-38)45-47-43(34-14-6-2-7-15-34)46-44(48-45)35-16-8-3-9-17-35/h1-30H/i10D,11D,18D,19D,26D,29D,30D. The van der Waals surface area contributed by atoms with Gasteiger partial charge in [0.15, 0.2) is 17.5 Å². The van der Waals surface area contributed by atoms with Gasteiger partial charge in [-0.1, -0.05) is 139 Å². The number of aromatic nitrogens is 4. The Labute approximate surface area is 294 Å². The van der Waals surface area contributed by atoms with E-state index in [1.807, 2.05) is 127 Å². The Hall–Kier alpha value is -6.65. The van der Waals surface area contributed by atoms with Crippen LogP contribution in [0.25, 0.3) is 83.9 Å². The lowest BCUT2D eigenvalue weighted by molar-refractivity contribution is 1.07. The van der Waals surface area contributed by atoms with E-state index in [4.69, 9.17) is 20.4 Å². The average molecular weight is 634 g/mol. The molecule has 0 radical (unpaired) electrons. The highest BCUT2D eigenvalue weighted by molar-refractivity contribution is 6.10. The van der Waals surface area contributed by atoms with Crippen molar-refractivity contribution in [1.82, 2.24) is 19.5 Å². The van der Waals surface area contributed by atoms with Crippen LogP contribution in [0.1, 0.15) is 9.60 Å². The van der Waals surface area contributed by atoms with Gasteiger partial charge in [-0.2, -0.15) is 0 Å². The quantitative estimate of drug-likeness (QED) is 0.183. The van der Waals surface area contributed by atoms with Crippen LogP contribution in [0.15, 0.2) is 182 Å². The molecule has 0 saturated heterocycles. The van der Waals surface area contributed by atoms with Gasteiger partial charge in [0, 0.05) is 33.2 Å². The summed E-state index contributed by atoms with van der Waals surface area (Å²) in [5.74, 6) is 1.44. The van der Waals surface area contributed by atoms with Crippen molar-refractivity contribution in [2.45, 2.75) is 0 Å². The minimum Gasteiger partial charge on any atom is -0.309 e. The molecule has 0 aliphatic rings. The highest BCUT2D eigenvalue weighted by Crippen LogP contribution is 2.36. The monoisotopic (exact) mass is 633 g/mol. The van der Waals surface area contributed by atoms with Gasteiger partial charge in [0.05, 0.1) is 20.6 Å². The second-order valence-corrected chi connectivity index (χ2v) is 11.6. The Bertz CT molecular complexity index is 2900. The maximum absolute atomic E-state index is 9.52. The zero-order valence-electron chi connectivity index (χ0n) is 33.1. The molecule has 0 spiro atoms. The first-order chi connectivity index (χ1) is 27.2. The highest BCUT2D eigenvalue weighted by Gasteiger charge is 2.15. The number of nitrogens with zero attached hydrogens (tertiary/aromatic N) is 4. The molecule has 9 aromatic rings. The minimum atomic E-state index is -0.440. The fourth-order valence-corrected chi connectivity index (χ4v) is 6.07. The second kappa shape index (κ2) is 12.2. The summed E-state index contributed by atoms with van der Waals surface area (Å²) in [6.07, 6.45) is 0. The summed E-state index contributed by atoms with van der Waals surface area (Å²) >= 11 is 0. The Morgan fingerprint density at radius 1 is 0.367 bits per heavy atom. The molecule has 0 bridgehead atoms. The van der Waals surface area contributed by atoms with Crippen molar-refractivity contribution in [2.24, 2.45) is 0 Å². The van der Waals surface area contributed by atoms with E-state index in [9.17, 15) is 4.11 Å². The van der Waals surface area contributed by atoms with Crippen molar-refractivity contribution in [3.8, 4) is 62.1 Å². The smallest absolute Gasteiger partial charge is 0.164 e. The lowest BCUT2D eigenvalue weighted by Crippen LogP contribution is -2.00. The molecule has 2 aromatic heterocycles. The maximum atomic E-state index is 9.52. The molecule has 4 nitrogen and oxygen atoms in total. The van der Waals surface area contributed by atoms with Gasteiger partial charge in [0.1, 0.15) is 0 Å². The predicted octanol–water partition coefficient (Wildman–Crippen LogP) is 11.3. The fourth-order valence-electron chi connectivity index (χ4n) is 6.07. The number of hydrogen-bond acceptors (Lipinski definition) is 3. The van der Waals surface area contributed by atoms with E-state index in [1.165, 1.54) is 0 Å². The van der Waals surface area contributed by atoms with Crippen LogP contribution in [0.2, 0.25) is 0 Å². The van der Waals surface area contributed by atoms with Crippen LogP contribution >= 0.6 is 0 Å². The zero-order valence-corrected chi connectivity index (χ0v) is 26.1. The maximum Gasteiger partial charge on any atom is 0.164 e. The molecule has 0 aliphatic heterocycles. The minimum absolute atomic E-state index is 0.0917. The van der Waals surface area contributed by atoms with Gasteiger partial charge >= 0.3 is 0 Å². The first-order valence-corrected chi connectivity index (χ1v) is 15.9. The molecule has 0 unspecified atom stereocenters. The van der Waals surface area contributed by atoms with Crippen molar-refractivity contribution in [3.05, 3.63) is 182 Å². The molecule has 7 aromatic carbocycles. The van der Waals surface area contributed by atoms with E-state index < -0.39 is 12.1 Å². The van der Waals surface area contributed by atoms with Gasteiger partial charge in [-0.15, -0.1) is 0 Å². The molecule has 9 rings (SSSR count). The molecule has 2 heterocycles. The first kappa shape index (κ1) is 22.0. The topological polar surface area (TPSA) is 43.6 Å². The van der Waals surface area contributed by atoms with Crippen LogP contribution in [-0.2, 0) is 0 Å². The van der Waals surface area contributed by atoms with Gasteiger partial charge in [0.25, 0.3) is 0 Å². The van der Waals surface area contributed by atoms with E-state index in [2.05, 4.69) is 0 Å². The lowest BCUT2D eigenvalue weighted by Gasteiger charge is -2.11. The normalized spacial score (nSPS) is 13.3. The van der Waals surface area contributed by atoms with Gasteiger partial charge in [-0.3, -0.25) is 0 Å². The Balaban J connectivity index is 1.24. The average Bonchev–Trinajstić information content (AvgIpc) is 3.62. The molecular weight excluding hydrogens is 597 g/mol. The fraction of sp³-hybridized carbons (Fsp3) is 0. The summed E-state index contributed by atoms with van der Waals surface area (Å²) in [4.78, 5) is 14.4. The van der Waals surface area contributed by atoms with Crippen LogP contribution in [0.5, 0.6) is 0 Å². The Kier molecular flexibility index (Phi) is 5.47. The Morgan fingerprint density at radius 2 is 0.796 bits per heavy atom. The van der Waals surface area contributed by atoms with Gasteiger partial charge in [-0.05, 0) is 64.6 Å². The SMILES string of the molecule is [2H]c1c([2H])c([2H])c2c(c1[2H])c1c([2H])c(-c3ccc(-c4ccccc4)cc3)c([2H])c([2H])c1n2-c1ccc(-c2nc(-c3ccccc3)nc(-c3ccccc3)n2)cc1. The molecule has 4 heteroatoms. The van der Waals surface area contributed by atoms with E-state index in [1.54, 1.807) is 16.7 Å². The number of hydrogen-bond donors (Lipinski definition) is 0. The molecule has 230 valence electrons. The first-order valence-electron chi connectivity index (χ1n) is 19.4. The summed E-state index contributed by atoms with van der Waals surface area (Å²) in [6.45, 7) is 0. The number of para-hydroxylation sites is 1. The van der Waals surface area contributed by atoms with Crippen molar-refractivity contribution >= 4 is 21.8 Å². The summed E-state index contributed by atoms with van der Waals surface area (Å²) in [5.41, 5.74) is 5.82. The second-order valence-electron chi connectivity index (χ2n) is 11.6. The number of rotatable bonds is 6.